The standard InChI is InChI=1S/C11H11FO/c1-3-7-13-10-6-5-9(4-2)11(12)8-10/h2,5-6,8H,3,7H2,1H3. The molecule has 0 amide bonds. The summed E-state index contributed by atoms with van der Waals surface area (Å²) in [6, 6.07) is 4.53. The summed E-state index contributed by atoms with van der Waals surface area (Å²) in [5.41, 5.74) is 0.267. The van der Waals surface area contributed by atoms with Gasteiger partial charge in [0.15, 0.2) is 0 Å². The molecule has 0 radical (unpaired) electrons. The van der Waals surface area contributed by atoms with Gasteiger partial charge in [-0.2, -0.15) is 0 Å². The van der Waals surface area contributed by atoms with E-state index in [1.807, 2.05) is 6.92 Å². The first-order valence-corrected chi connectivity index (χ1v) is 4.17. The fourth-order valence-electron chi connectivity index (χ4n) is 0.923. The third-order valence-corrected chi connectivity index (χ3v) is 1.57. The third-order valence-electron chi connectivity index (χ3n) is 1.57. The van der Waals surface area contributed by atoms with E-state index in [0.717, 1.165) is 6.42 Å². The average molecular weight is 178 g/mol. The summed E-state index contributed by atoms with van der Waals surface area (Å²) in [4.78, 5) is 0. The highest BCUT2D eigenvalue weighted by Gasteiger charge is 2.00. The molecule has 2 heteroatoms. The number of hydrogen-bond acceptors (Lipinski definition) is 1. The minimum Gasteiger partial charge on any atom is -0.494 e. The normalized spacial score (nSPS) is 9.31. The molecule has 0 bridgehead atoms. The van der Waals surface area contributed by atoms with Crippen LogP contribution < -0.4 is 4.74 Å². The Hall–Kier alpha value is -1.49. The summed E-state index contributed by atoms with van der Waals surface area (Å²) >= 11 is 0. The monoisotopic (exact) mass is 178 g/mol. The smallest absolute Gasteiger partial charge is 0.142 e. The van der Waals surface area contributed by atoms with Gasteiger partial charge >= 0.3 is 0 Å². The summed E-state index contributed by atoms with van der Waals surface area (Å²) in [6.07, 6.45) is 5.97. The van der Waals surface area contributed by atoms with Gasteiger partial charge in [0.05, 0.1) is 12.2 Å². The Kier molecular flexibility index (Phi) is 3.33. The van der Waals surface area contributed by atoms with Crippen LogP contribution in [-0.2, 0) is 0 Å². The van der Waals surface area contributed by atoms with Gasteiger partial charge in [0, 0.05) is 6.07 Å². The molecule has 1 nitrogen and oxygen atoms in total. The van der Waals surface area contributed by atoms with Gasteiger partial charge in [0.1, 0.15) is 11.6 Å². The van der Waals surface area contributed by atoms with Crippen LogP contribution in [0.1, 0.15) is 18.9 Å². The van der Waals surface area contributed by atoms with E-state index in [1.165, 1.54) is 6.07 Å². The molecule has 0 aliphatic heterocycles. The second kappa shape index (κ2) is 4.51. The molecule has 0 fully saturated rings. The van der Waals surface area contributed by atoms with Gasteiger partial charge in [-0.3, -0.25) is 0 Å². The van der Waals surface area contributed by atoms with Crippen molar-refractivity contribution in [2.45, 2.75) is 13.3 Å². The summed E-state index contributed by atoms with van der Waals surface area (Å²) in [6.45, 7) is 2.58. The highest BCUT2D eigenvalue weighted by Crippen LogP contribution is 2.15. The SMILES string of the molecule is C#Cc1ccc(OCCC)cc1F. The second-order valence-corrected chi connectivity index (χ2v) is 2.63. The van der Waals surface area contributed by atoms with Crippen molar-refractivity contribution in [1.29, 1.82) is 0 Å². The van der Waals surface area contributed by atoms with Crippen LogP contribution in [-0.4, -0.2) is 6.61 Å². The number of halogens is 1. The van der Waals surface area contributed by atoms with Gasteiger partial charge in [-0.1, -0.05) is 12.8 Å². The maximum Gasteiger partial charge on any atom is 0.142 e. The van der Waals surface area contributed by atoms with Gasteiger partial charge in [0.25, 0.3) is 0 Å². The van der Waals surface area contributed by atoms with E-state index in [9.17, 15) is 4.39 Å². The Morgan fingerprint density at radius 3 is 2.85 bits per heavy atom. The van der Waals surface area contributed by atoms with E-state index in [1.54, 1.807) is 12.1 Å². The van der Waals surface area contributed by atoms with E-state index in [2.05, 4.69) is 5.92 Å². The predicted molar refractivity (Wildman–Crippen MR) is 50.1 cm³/mol. The lowest BCUT2D eigenvalue weighted by atomic mass is 10.2. The fraction of sp³-hybridized carbons (Fsp3) is 0.273. The summed E-state index contributed by atoms with van der Waals surface area (Å²) < 4.78 is 18.3. The summed E-state index contributed by atoms with van der Waals surface area (Å²) in [7, 11) is 0. The summed E-state index contributed by atoms with van der Waals surface area (Å²) in [5, 5.41) is 0. The molecular weight excluding hydrogens is 167 g/mol. The number of ether oxygens (including phenoxy) is 1. The van der Waals surface area contributed by atoms with E-state index in [0.29, 0.717) is 12.4 Å². The molecule has 0 saturated heterocycles. The number of benzene rings is 1. The Balaban J connectivity index is 2.79. The highest BCUT2D eigenvalue weighted by atomic mass is 19.1. The minimum absolute atomic E-state index is 0.267. The maximum absolute atomic E-state index is 13.1. The van der Waals surface area contributed by atoms with E-state index in [4.69, 9.17) is 11.2 Å². The van der Waals surface area contributed by atoms with Crippen molar-refractivity contribution in [3.05, 3.63) is 29.6 Å². The van der Waals surface area contributed by atoms with Crippen LogP contribution in [0.25, 0.3) is 0 Å². The number of rotatable bonds is 3. The molecular formula is C11H11FO. The molecule has 0 spiro atoms. The van der Waals surface area contributed by atoms with Crippen molar-refractivity contribution in [3.8, 4) is 18.1 Å². The van der Waals surface area contributed by atoms with Gasteiger partial charge in [-0.25, -0.2) is 4.39 Å². The molecule has 0 aliphatic rings. The van der Waals surface area contributed by atoms with Crippen LogP contribution in [0.2, 0.25) is 0 Å². The quantitative estimate of drug-likeness (QED) is 0.646. The molecule has 0 unspecified atom stereocenters. The number of terminal acetylenes is 1. The molecule has 0 N–H and O–H groups in total. The predicted octanol–water partition coefficient (Wildman–Crippen LogP) is 2.60. The molecule has 1 aromatic carbocycles. The zero-order valence-electron chi connectivity index (χ0n) is 7.51. The highest BCUT2D eigenvalue weighted by molar-refractivity contribution is 5.38. The third kappa shape index (κ3) is 2.48. The van der Waals surface area contributed by atoms with Crippen molar-refractivity contribution in [3.63, 3.8) is 0 Å². The van der Waals surface area contributed by atoms with Crippen LogP contribution in [0.5, 0.6) is 5.75 Å². The average Bonchev–Trinajstić information content (AvgIpc) is 2.15. The van der Waals surface area contributed by atoms with Crippen molar-refractivity contribution in [2.24, 2.45) is 0 Å². The first-order chi connectivity index (χ1) is 6.27. The van der Waals surface area contributed by atoms with Gasteiger partial charge in [-0.15, -0.1) is 6.42 Å². The molecule has 0 heterocycles. The molecule has 68 valence electrons. The molecule has 1 rings (SSSR count). The Labute approximate surface area is 77.5 Å². The molecule has 0 aliphatic carbocycles. The Morgan fingerprint density at radius 2 is 2.31 bits per heavy atom. The molecule has 0 atom stereocenters. The van der Waals surface area contributed by atoms with Crippen molar-refractivity contribution in [2.75, 3.05) is 6.61 Å². The lowest BCUT2D eigenvalue weighted by Gasteiger charge is -2.04. The lowest BCUT2D eigenvalue weighted by molar-refractivity contribution is 0.315. The van der Waals surface area contributed by atoms with Crippen molar-refractivity contribution < 1.29 is 9.13 Å². The van der Waals surface area contributed by atoms with Gasteiger partial charge in [-0.05, 0) is 18.6 Å². The first kappa shape index (κ1) is 9.60. The van der Waals surface area contributed by atoms with E-state index in [-0.39, 0.29) is 5.56 Å². The lowest BCUT2D eigenvalue weighted by Crippen LogP contribution is -1.95. The Bertz CT molecular complexity index is 325. The van der Waals surface area contributed by atoms with Crippen LogP contribution in [0.15, 0.2) is 18.2 Å². The zero-order valence-corrected chi connectivity index (χ0v) is 7.51. The maximum atomic E-state index is 13.1. The van der Waals surface area contributed by atoms with Crippen LogP contribution in [0.3, 0.4) is 0 Å². The van der Waals surface area contributed by atoms with Gasteiger partial charge in [0.2, 0.25) is 0 Å². The largest absolute Gasteiger partial charge is 0.494 e. The molecule has 0 saturated carbocycles. The van der Waals surface area contributed by atoms with Crippen LogP contribution in [0.4, 0.5) is 4.39 Å². The Morgan fingerprint density at radius 1 is 1.54 bits per heavy atom. The van der Waals surface area contributed by atoms with E-state index >= 15 is 0 Å². The van der Waals surface area contributed by atoms with Crippen molar-refractivity contribution in [1.82, 2.24) is 0 Å². The minimum atomic E-state index is -0.406. The van der Waals surface area contributed by atoms with Crippen LogP contribution >= 0.6 is 0 Å². The van der Waals surface area contributed by atoms with E-state index < -0.39 is 5.82 Å². The van der Waals surface area contributed by atoms with Crippen molar-refractivity contribution >= 4 is 0 Å². The molecule has 1 aromatic rings. The van der Waals surface area contributed by atoms with Crippen LogP contribution in [0, 0.1) is 18.2 Å². The fourth-order valence-corrected chi connectivity index (χ4v) is 0.923. The molecule has 0 aromatic heterocycles. The summed E-state index contributed by atoms with van der Waals surface area (Å²) in [5.74, 6) is 2.37. The van der Waals surface area contributed by atoms with Gasteiger partial charge < -0.3 is 4.74 Å². The molecule has 13 heavy (non-hydrogen) atoms. The first-order valence-electron chi connectivity index (χ1n) is 4.17. The zero-order chi connectivity index (χ0) is 9.68. The topological polar surface area (TPSA) is 9.23 Å². The second-order valence-electron chi connectivity index (χ2n) is 2.63. The number of hydrogen-bond donors (Lipinski definition) is 0.